The Morgan fingerprint density at radius 3 is 2.58 bits per heavy atom. The molecule has 0 amide bonds. The van der Waals surface area contributed by atoms with Gasteiger partial charge in [0, 0.05) is 13.1 Å². The molecule has 0 saturated carbocycles. The van der Waals surface area contributed by atoms with Crippen LogP contribution in [0.15, 0.2) is 23.1 Å². The summed E-state index contributed by atoms with van der Waals surface area (Å²) in [7, 11) is -3.48. The van der Waals surface area contributed by atoms with Crippen molar-refractivity contribution in [2.24, 2.45) is 5.92 Å². The minimum atomic E-state index is -3.48. The number of carbonyl (C=O) groups is 1. The quantitative estimate of drug-likeness (QED) is 0.906. The number of rotatable bonds is 4. The predicted molar refractivity (Wildman–Crippen MR) is 70.4 cm³/mol. The Hall–Kier alpha value is -1.40. The van der Waals surface area contributed by atoms with E-state index in [4.69, 9.17) is 5.11 Å². The van der Waals surface area contributed by atoms with Gasteiger partial charge >= 0.3 is 5.97 Å². The molecule has 1 aliphatic rings. The molecule has 1 aliphatic heterocycles. The van der Waals surface area contributed by atoms with Crippen LogP contribution in [0.3, 0.4) is 0 Å². The molecule has 0 atom stereocenters. The maximum atomic E-state index is 12.4. The fourth-order valence-electron chi connectivity index (χ4n) is 2.22. The molecule has 104 valence electrons. The number of nitrogens with zero attached hydrogens (tertiary/aromatic N) is 1. The van der Waals surface area contributed by atoms with Crippen LogP contribution in [0.4, 0.5) is 0 Å². The second-order valence-corrected chi connectivity index (χ2v) is 6.96. The summed E-state index contributed by atoms with van der Waals surface area (Å²) in [5.74, 6) is -0.953. The summed E-state index contributed by atoms with van der Waals surface area (Å²) in [6, 6.07) is 5.32. The zero-order valence-electron chi connectivity index (χ0n) is 11.0. The molecule has 1 saturated heterocycles. The summed E-state index contributed by atoms with van der Waals surface area (Å²) in [4.78, 5) is 10.9. The largest absolute Gasteiger partial charge is 0.481 e. The average molecular weight is 283 g/mol. The van der Waals surface area contributed by atoms with Gasteiger partial charge < -0.3 is 5.11 Å². The molecule has 0 bridgehead atoms. The lowest BCUT2D eigenvalue weighted by Crippen LogP contribution is -2.50. The molecule has 2 rings (SSSR count). The molecule has 0 aliphatic carbocycles. The predicted octanol–water partition coefficient (Wildman–Crippen LogP) is 1.40. The summed E-state index contributed by atoms with van der Waals surface area (Å²) < 4.78 is 26.1. The van der Waals surface area contributed by atoms with Gasteiger partial charge in [0.15, 0.2) is 0 Å². The number of hydrogen-bond donors (Lipinski definition) is 1. The maximum Gasteiger partial charge on any atom is 0.303 e. The fraction of sp³-hybridized carbons (Fsp3) is 0.462. The number of carboxylic acids is 1. The van der Waals surface area contributed by atoms with Gasteiger partial charge in [-0.05, 0) is 37.0 Å². The van der Waals surface area contributed by atoms with E-state index in [1.165, 1.54) is 4.31 Å². The zero-order chi connectivity index (χ0) is 14.2. The smallest absolute Gasteiger partial charge is 0.303 e. The number of aryl methyl sites for hydroxylation is 2. The molecule has 1 aromatic rings. The second kappa shape index (κ2) is 4.94. The third-order valence-corrected chi connectivity index (χ3v) is 5.32. The number of aliphatic carboxylic acids is 1. The van der Waals surface area contributed by atoms with Crippen LogP contribution in [0.25, 0.3) is 0 Å². The summed E-state index contributed by atoms with van der Waals surface area (Å²) in [6.07, 6.45) is 0.0266. The van der Waals surface area contributed by atoms with E-state index in [1.54, 1.807) is 19.1 Å². The van der Waals surface area contributed by atoms with Crippen molar-refractivity contribution in [2.75, 3.05) is 13.1 Å². The molecular weight excluding hydrogens is 266 g/mol. The van der Waals surface area contributed by atoms with Gasteiger partial charge in [0.25, 0.3) is 0 Å². The molecule has 1 fully saturated rings. The minimum Gasteiger partial charge on any atom is -0.481 e. The van der Waals surface area contributed by atoms with E-state index in [9.17, 15) is 13.2 Å². The van der Waals surface area contributed by atoms with Crippen LogP contribution in [-0.2, 0) is 14.8 Å². The van der Waals surface area contributed by atoms with E-state index < -0.39 is 16.0 Å². The standard InChI is InChI=1S/C13H17NO4S/c1-9-3-4-10(2)12(5-9)19(17,18)14-7-11(8-14)6-13(15)16/h3-5,11H,6-8H2,1-2H3,(H,15,16). The minimum absolute atomic E-state index is 0.0266. The third-order valence-electron chi connectivity index (χ3n) is 3.35. The highest BCUT2D eigenvalue weighted by molar-refractivity contribution is 7.89. The first-order valence-corrected chi connectivity index (χ1v) is 7.54. The Bertz CT molecular complexity index is 603. The van der Waals surface area contributed by atoms with Crippen LogP contribution in [0.1, 0.15) is 17.5 Å². The highest BCUT2D eigenvalue weighted by atomic mass is 32.2. The van der Waals surface area contributed by atoms with Gasteiger partial charge in [-0.3, -0.25) is 4.79 Å². The lowest BCUT2D eigenvalue weighted by molar-refractivity contribution is -0.139. The summed E-state index contributed by atoms with van der Waals surface area (Å²) in [6.45, 7) is 4.20. The van der Waals surface area contributed by atoms with Gasteiger partial charge in [-0.25, -0.2) is 8.42 Å². The van der Waals surface area contributed by atoms with Crippen LogP contribution in [0.2, 0.25) is 0 Å². The Morgan fingerprint density at radius 2 is 2.00 bits per heavy atom. The Labute approximate surface area is 112 Å². The molecule has 0 spiro atoms. The number of benzene rings is 1. The molecule has 6 heteroatoms. The van der Waals surface area contributed by atoms with Crippen molar-refractivity contribution in [3.05, 3.63) is 29.3 Å². The highest BCUT2D eigenvalue weighted by Crippen LogP contribution is 2.29. The van der Waals surface area contributed by atoms with Gasteiger partial charge in [0.1, 0.15) is 0 Å². The van der Waals surface area contributed by atoms with E-state index in [2.05, 4.69) is 0 Å². The first-order valence-electron chi connectivity index (χ1n) is 6.10. The monoisotopic (exact) mass is 283 g/mol. The summed E-state index contributed by atoms with van der Waals surface area (Å²) in [5.41, 5.74) is 1.61. The third kappa shape index (κ3) is 2.79. The lowest BCUT2D eigenvalue weighted by Gasteiger charge is -2.37. The van der Waals surface area contributed by atoms with Crippen molar-refractivity contribution >= 4 is 16.0 Å². The van der Waals surface area contributed by atoms with Crippen LogP contribution >= 0.6 is 0 Å². The summed E-state index contributed by atoms with van der Waals surface area (Å²) >= 11 is 0. The van der Waals surface area contributed by atoms with Crippen LogP contribution < -0.4 is 0 Å². The van der Waals surface area contributed by atoms with E-state index in [-0.39, 0.29) is 12.3 Å². The normalized spacial score (nSPS) is 17.2. The van der Waals surface area contributed by atoms with Crippen LogP contribution in [0, 0.1) is 19.8 Å². The van der Waals surface area contributed by atoms with Crippen LogP contribution in [-0.4, -0.2) is 36.9 Å². The number of sulfonamides is 1. The molecule has 0 unspecified atom stereocenters. The molecule has 1 aromatic carbocycles. The molecule has 0 radical (unpaired) electrons. The highest BCUT2D eigenvalue weighted by Gasteiger charge is 2.38. The first-order chi connectivity index (χ1) is 8.80. The SMILES string of the molecule is Cc1ccc(C)c(S(=O)(=O)N2CC(CC(=O)O)C2)c1. The van der Waals surface area contributed by atoms with E-state index >= 15 is 0 Å². The Balaban J connectivity index is 2.17. The number of hydrogen-bond acceptors (Lipinski definition) is 3. The van der Waals surface area contributed by atoms with Crippen molar-refractivity contribution in [2.45, 2.75) is 25.2 Å². The zero-order valence-corrected chi connectivity index (χ0v) is 11.8. The first kappa shape index (κ1) is 14.0. The van der Waals surface area contributed by atoms with Crippen molar-refractivity contribution in [1.82, 2.24) is 4.31 Å². The van der Waals surface area contributed by atoms with Gasteiger partial charge in [0.05, 0.1) is 11.3 Å². The summed E-state index contributed by atoms with van der Waals surface area (Å²) in [5, 5.41) is 8.67. The van der Waals surface area contributed by atoms with Crippen molar-refractivity contribution in [3.63, 3.8) is 0 Å². The van der Waals surface area contributed by atoms with Gasteiger partial charge in [-0.1, -0.05) is 12.1 Å². The Morgan fingerprint density at radius 1 is 1.37 bits per heavy atom. The molecule has 1 N–H and O–H groups in total. The lowest BCUT2D eigenvalue weighted by atomic mass is 10.00. The Kier molecular flexibility index (Phi) is 3.64. The number of carboxylic acid groups (broad SMARTS) is 1. The molecular formula is C13H17NO4S. The molecule has 19 heavy (non-hydrogen) atoms. The second-order valence-electron chi connectivity index (χ2n) is 5.05. The van der Waals surface area contributed by atoms with Crippen LogP contribution in [0.5, 0.6) is 0 Å². The van der Waals surface area contributed by atoms with E-state index in [0.717, 1.165) is 5.56 Å². The average Bonchev–Trinajstić information content (AvgIpc) is 2.25. The van der Waals surface area contributed by atoms with Gasteiger partial charge in [-0.2, -0.15) is 4.31 Å². The van der Waals surface area contributed by atoms with Crippen molar-refractivity contribution in [1.29, 1.82) is 0 Å². The molecule has 5 nitrogen and oxygen atoms in total. The van der Waals surface area contributed by atoms with E-state index in [1.807, 2.05) is 13.0 Å². The van der Waals surface area contributed by atoms with Gasteiger partial charge in [-0.15, -0.1) is 0 Å². The van der Waals surface area contributed by atoms with E-state index in [0.29, 0.717) is 23.5 Å². The molecule has 0 aromatic heterocycles. The maximum absolute atomic E-state index is 12.4. The van der Waals surface area contributed by atoms with Crippen molar-refractivity contribution < 1.29 is 18.3 Å². The van der Waals surface area contributed by atoms with Crippen molar-refractivity contribution in [3.8, 4) is 0 Å². The topological polar surface area (TPSA) is 74.7 Å². The molecule has 1 heterocycles. The fourth-order valence-corrected chi connectivity index (χ4v) is 4.12. The van der Waals surface area contributed by atoms with Gasteiger partial charge in [0.2, 0.25) is 10.0 Å².